The summed E-state index contributed by atoms with van der Waals surface area (Å²) in [4.78, 5) is 6.85. The van der Waals surface area contributed by atoms with Crippen LogP contribution in [0.4, 0.5) is 0 Å². The monoisotopic (exact) mass is 279 g/mol. The fourth-order valence-corrected chi connectivity index (χ4v) is 3.56. The SMILES string of the molecule is c1csc(CN(CCN2CCCNCC2)C2CC2)c1. The van der Waals surface area contributed by atoms with Gasteiger partial charge in [-0.25, -0.2) is 0 Å². The van der Waals surface area contributed by atoms with Crippen molar-refractivity contribution in [3.05, 3.63) is 22.4 Å². The predicted octanol–water partition coefficient (Wildman–Crippen LogP) is 2.01. The number of thiophene rings is 1. The second-order valence-corrected chi connectivity index (χ2v) is 6.76. The second-order valence-electron chi connectivity index (χ2n) is 5.73. The van der Waals surface area contributed by atoms with Crippen molar-refractivity contribution in [1.29, 1.82) is 0 Å². The quantitative estimate of drug-likeness (QED) is 0.859. The third kappa shape index (κ3) is 4.28. The Morgan fingerprint density at radius 3 is 3.05 bits per heavy atom. The lowest BCUT2D eigenvalue weighted by atomic mass is 10.3. The highest BCUT2D eigenvalue weighted by molar-refractivity contribution is 7.09. The minimum Gasteiger partial charge on any atom is -0.315 e. The molecule has 1 aliphatic carbocycles. The lowest BCUT2D eigenvalue weighted by Crippen LogP contribution is -2.37. The first-order valence-electron chi connectivity index (χ1n) is 7.61. The molecule has 0 spiro atoms. The van der Waals surface area contributed by atoms with Crippen LogP contribution < -0.4 is 5.32 Å². The normalized spacial score (nSPS) is 21.7. The third-order valence-corrected chi connectivity index (χ3v) is 5.00. The Morgan fingerprint density at radius 1 is 1.32 bits per heavy atom. The molecule has 1 saturated carbocycles. The lowest BCUT2D eigenvalue weighted by molar-refractivity contribution is 0.199. The minimum absolute atomic E-state index is 0.868. The summed E-state index contributed by atoms with van der Waals surface area (Å²) in [6.07, 6.45) is 4.12. The number of nitrogens with one attached hydrogen (secondary N) is 1. The van der Waals surface area contributed by atoms with Crippen molar-refractivity contribution in [3.8, 4) is 0 Å². The smallest absolute Gasteiger partial charge is 0.0331 e. The highest BCUT2D eigenvalue weighted by Crippen LogP contribution is 2.28. The average Bonchev–Trinajstić information content (AvgIpc) is 3.19. The summed E-state index contributed by atoms with van der Waals surface area (Å²) < 4.78 is 0. The maximum Gasteiger partial charge on any atom is 0.0331 e. The summed E-state index contributed by atoms with van der Waals surface area (Å²) in [6, 6.07) is 5.31. The summed E-state index contributed by atoms with van der Waals surface area (Å²) in [5.74, 6) is 0. The van der Waals surface area contributed by atoms with E-state index in [1.54, 1.807) is 0 Å². The molecule has 0 amide bonds. The van der Waals surface area contributed by atoms with E-state index in [4.69, 9.17) is 0 Å². The second kappa shape index (κ2) is 6.84. The van der Waals surface area contributed by atoms with Crippen LogP contribution in [0.15, 0.2) is 17.5 Å². The van der Waals surface area contributed by atoms with Crippen molar-refractivity contribution >= 4 is 11.3 Å². The van der Waals surface area contributed by atoms with E-state index in [0.29, 0.717) is 0 Å². The summed E-state index contributed by atoms with van der Waals surface area (Å²) in [5.41, 5.74) is 0. The molecule has 19 heavy (non-hydrogen) atoms. The van der Waals surface area contributed by atoms with Crippen LogP contribution in [0, 0.1) is 0 Å². The summed E-state index contributed by atoms with van der Waals surface area (Å²) in [7, 11) is 0. The first kappa shape index (κ1) is 13.6. The Bertz CT molecular complexity index is 353. The lowest BCUT2D eigenvalue weighted by Gasteiger charge is -2.26. The highest BCUT2D eigenvalue weighted by Gasteiger charge is 2.29. The zero-order valence-corrected chi connectivity index (χ0v) is 12.5. The van der Waals surface area contributed by atoms with E-state index in [2.05, 4.69) is 32.6 Å². The number of rotatable bonds is 6. The predicted molar refractivity (Wildman–Crippen MR) is 81.7 cm³/mol. The van der Waals surface area contributed by atoms with Gasteiger partial charge >= 0.3 is 0 Å². The first-order valence-corrected chi connectivity index (χ1v) is 8.49. The third-order valence-electron chi connectivity index (χ3n) is 4.14. The Morgan fingerprint density at radius 2 is 2.26 bits per heavy atom. The molecule has 0 aromatic carbocycles. The van der Waals surface area contributed by atoms with Crippen LogP contribution in [0.25, 0.3) is 0 Å². The molecule has 0 bridgehead atoms. The zero-order chi connectivity index (χ0) is 12.9. The summed E-state index contributed by atoms with van der Waals surface area (Å²) >= 11 is 1.90. The fraction of sp³-hybridized carbons (Fsp3) is 0.733. The van der Waals surface area contributed by atoms with Gasteiger partial charge in [-0.15, -0.1) is 11.3 Å². The molecule has 106 valence electrons. The fourth-order valence-electron chi connectivity index (χ4n) is 2.83. The average molecular weight is 279 g/mol. The van der Waals surface area contributed by atoms with Crippen LogP contribution in [0.5, 0.6) is 0 Å². The molecule has 2 fully saturated rings. The molecule has 1 saturated heterocycles. The molecule has 0 radical (unpaired) electrons. The molecule has 0 unspecified atom stereocenters. The molecule has 4 heteroatoms. The van der Waals surface area contributed by atoms with Gasteiger partial charge in [0.25, 0.3) is 0 Å². The van der Waals surface area contributed by atoms with Gasteiger partial charge in [0.15, 0.2) is 0 Å². The van der Waals surface area contributed by atoms with E-state index in [9.17, 15) is 0 Å². The van der Waals surface area contributed by atoms with Gasteiger partial charge in [0.05, 0.1) is 0 Å². The van der Waals surface area contributed by atoms with Crippen LogP contribution in [-0.2, 0) is 6.54 Å². The van der Waals surface area contributed by atoms with Crippen LogP contribution in [-0.4, -0.2) is 55.1 Å². The van der Waals surface area contributed by atoms with Gasteiger partial charge < -0.3 is 10.2 Å². The van der Waals surface area contributed by atoms with E-state index in [1.807, 2.05) is 11.3 Å². The number of hydrogen-bond acceptors (Lipinski definition) is 4. The van der Waals surface area contributed by atoms with E-state index >= 15 is 0 Å². The molecule has 2 aliphatic rings. The largest absolute Gasteiger partial charge is 0.315 e. The van der Waals surface area contributed by atoms with Gasteiger partial charge in [-0.05, 0) is 43.8 Å². The van der Waals surface area contributed by atoms with E-state index < -0.39 is 0 Å². The van der Waals surface area contributed by atoms with Crippen LogP contribution in [0.2, 0.25) is 0 Å². The van der Waals surface area contributed by atoms with Crippen LogP contribution >= 0.6 is 11.3 Å². The van der Waals surface area contributed by atoms with Crippen molar-refractivity contribution in [1.82, 2.24) is 15.1 Å². The molecule has 0 atom stereocenters. The van der Waals surface area contributed by atoms with Crippen molar-refractivity contribution in [2.45, 2.75) is 31.8 Å². The molecule has 1 aliphatic heterocycles. The highest BCUT2D eigenvalue weighted by atomic mass is 32.1. The Balaban J connectivity index is 1.47. The Labute approximate surface area is 120 Å². The Hall–Kier alpha value is -0.420. The summed E-state index contributed by atoms with van der Waals surface area (Å²) in [6.45, 7) is 8.48. The maximum atomic E-state index is 3.48. The van der Waals surface area contributed by atoms with Crippen molar-refractivity contribution in [3.63, 3.8) is 0 Å². The van der Waals surface area contributed by atoms with E-state index in [0.717, 1.165) is 19.1 Å². The number of hydrogen-bond donors (Lipinski definition) is 1. The van der Waals surface area contributed by atoms with Gasteiger partial charge in [0, 0.05) is 43.6 Å². The van der Waals surface area contributed by atoms with Gasteiger partial charge in [-0.2, -0.15) is 0 Å². The van der Waals surface area contributed by atoms with Gasteiger partial charge in [0.1, 0.15) is 0 Å². The molecule has 2 heterocycles. The maximum absolute atomic E-state index is 3.48. The molecule has 3 rings (SSSR count). The van der Waals surface area contributed by atoms with Gasteiger partial charge in [0.2, 0.25) is 0 Å². The van der Waals surface area contributed by atoms with Gasteiger partial charge in [-0.1, -0.05) is 6.07 Å². The minimum atomic E-state index is 0.868. The molecule has 1 aromatic heterocycles. The van der Waals surface area contributed by atoms with Crippen LogP contribution in [0.3, 0.4) is 0 Å². The number of nitrogens with zero attached hydrogens (tertiary/aromatic N) is 2. The molecule has 1 aromatic rings. The topological polar surface area (TPSA) is 18.5 Å². The molecule has 1 N–H and O–H groups in total. The molecular weight excluding hydrogens is 254 g/mol. The summed E-state index contributed by atoms with van der Waals surface area (Å²) in [5, 5.41) is 5.68. The molecule has 3 nitrogen and oxygen atoms in total. The van der Waals surface area contributed by atoms with Crippen molar-refractivity contribution < 1.29 is 0 Å². The molecular formula is C15H25N3S. The van der Waals surface area contributed by atoms with Crippen molar-refractivity contribution in [2.24, 2.45) is 0 Å². The Kier molecular flexibility index (Phi) is 4.88. The van der Waals surface area contributed by atoms with Crippen LogP contribution in [0.1, 0.15) is 24.1 Å². The van der Waals surface area contributed by atoms with Gasteiger partial charge in [-0.3, -0.25) is 4.90 Å². The standard InChI is InChI=1S/C15H25N3S/c1-3-15(19-12-1)13-18(14-4-5-14)11-10-17-8-2-6-16-7-9-17/h1,3,12,14,16H,2,4-11,13H2. The van der Waals surface area contributed by atoms with Crippen molar-refractivity contribution in [2.75, 3.05) is 39.3 Å². The zero-order valence-electron chi connectivity index (χ0n) is 11.7. The van der Waals surface area contributed by atoms with E-state index in [-0.39, 0.29) is 0 Å². The van der Waals surface area contributed by atoms with E-state index in [1.165, 1.54) is 56.9 Å². The first-order chi connectivity index (χ1) is 9.42.